The van der Waals surface area contributed by atoms with Crippen molar-refractivity contribution < 1.29 is 23.5 Å². The molecule has 2 aromatic carbocycles. The van der Waals surface area contributed by atoms with Crippen molar-refractivity contribution in [1.82, 2.24) is 10.2 Å². The number of carbonyl (C=O) groups excluding carboxylic acids is 2. The largest absolute Gasteiger partial charge is 0.486 e. The highest BCUT2D eigenvalue weighted by Gasteiger charge is 2.20. The first kappa shape index (κ1) is 20.0. The lowest BCUT2D eigenvalue weighted by Crippen LogP contribution is -2.50. The minimum Gasteiger partial charge on any atom is -0.486 e. The maximum Gasteiger partial charge on any atom is 0.325 e. The van der Waals surface area contributed by atoms with Gasteiger partial charge >= 0.3 is 6.03 Å². The molecule has 158 valence electrons. The summed E-state index contributed by atoms with van der Waals surface area (Å²) in [6, 6.07) is 10.8. The lowest BCUT2D eigenvalue weighted by Gasteiger charge is -2.35. The molecule has 2 N–H and O–H groups in total. The van der Waals surface area contributed by atoms with Gasteiger partial charge in [0, 0.05) is 43.6 Å². The van der Waals surface area contributed by atoms with Crippen LogP contribution in [0.3, 0.4) is 0 Å². The van der Waals surface area contributed by atoms with Gasteiger partial charge in [-0.15, -0.1) is 0 Å². The Hall–Kier alpha value is -3.33. The van der Waals surface area contributed by atoms with Gasteiger partial charge in [-0.05, 0) is 36.4 Å². The maximum absolute atomic E-state index is 13.1. The van der Waals surface area contributed by atoms with E-state index in [1.54, 1.807) is 30.3 Å². The smallest absolute Gasteiger partial charge is 0.325 e. The van der Waals surface area contributed by atoms with Gasteiger partial charge in [-0.2, -0.15) is 0 Å². The lowest BCUT2D eigenvalue weighted by molar-refractivity contribution is -0.121. The van der Waals surface area contributed by atoms with E-state index in [1.807, 2.05) is 4.90 Å². The van der Waals surface area contributed by atoms with Crippen LogP contribution in [0.5, 0.6) is 11.5 Å². The van der Waals surface area contributed by atoms with Crippen molar-refractivity contribution in [3.63, 3.8) is 0 Å². The normalized spacial score (nSPS) is 16.1. The van der Waals surface area contributed by atoms with Gasteiger partial charge in [0.05, 0.1) is 6.54 Å². The minimum atomic E-state index is -0.596. The Labute approximate surface area is 173 Å². The second-order valence-electron chi connectivity index (χ2n) is 7.10. The van der Waals surface area contributed by atoms with Gasteiger partial charge in [0.25, 0.3) is 0 Å². The van der Waals surface area contributed by atoms with E-state index in [9.17, 15) is 14.0 Å². The van der Waals surface area contributed by atoms with Gasteiger partial charge in [0.2, 0.25) is 5.91 Å². The number of anilines is 2. The fourth-order valence-electron chi connectivity index (χ4n) is 3.47. The number of carbonyl (C=O) groups is 2. The first-order chi connectivity index (χ1) is 14.6. The second-order valence-corrected chi connectivity index (χ2v) is 7.10. The summed E-state index contributed by atoms with van der Waals surface area (Å²) in [6.07, 6.45) is 0. The summed E-state index contributed by atoms with van der Waals surface area (Å²) >= 11 is 0. The molecular formula is C21H23FN4O4. The topological polar surface area (TPSA) is 83.1 Å². The van der Waals surface area contributed by atoms with Crippen LogP contribution in [0, 0.1) is 5.82 Å². The monoisotopic (exact) mass is 414 g/mol. The van der Waals surface area contributed by atoms with E-state index in [-0.39, 0.29) is 18.3 Å². The molecule has 30 heavy (non-hydrogen) atoms. The number of hydrogen-bond donors (Lipinski definition) is 2. The highest BCUT2D eigenvalue weighted by Crippen LogP contribution is 2.32. The number of amides is 3. The van der Waals surface area contributed by atoms with Crippen molar-refractivity contribution >= 4 is 23.3 Å². The molecule has 1 saturated heterocycles. The number of benzene rings is 2. The standard InChI is InChI=1S/C21H23FN4O4/c22-15-1-4-17(5-2-15)26-9-7-25(8-10-26)14-20(27)24-21(28)23-16-3-6-18-19(13-16)30-12-11-29-18/h1-6,13H,7-12,14H2,(H2,23,24,27,28). The van der Waals surface area contributed by atoms with E-state index in [0.717, 1.165) is 18.8 Å². The zero-order valence-corrected chi connectivity index (χ0v) is 16.4. The molecule has 1 fully saturated rings. The zero-order valence-electron chi connectivity index (χ0n) is 16.4. The molecular weight excluding hydrogens is 391 g/mol. The molecule has 0 saturated carbocycles. The van der Waals surface area contributed by atoms with Gasteiger partial charge in [0.15, 0.2) is 11.5 Å². The fourth-order valence-corrected chi connectivity index (χ4v) is 3.47. The molecule has 2 aliphatic heterocycles. The molecule has 2 heterocycles. The van der Waals surface area contributed by atoms with Gasteiger partial charge in [-0.25, -0.2) is 9.18 Å². The summed E-state index contributed by atoms with van der Waals surface area (Å²) < 4.78 is 24.0. The molecule has 0 unspecified atom stereocenters. The van der Waals surface area contributed by atoms with E-state index < -0.39 is 6.03 Å². The van der Waals surface area contributed by atoms with Crippen molar-refractivity contribution in [2.45, 2.75) is 0 Å². The van der Waals surface area contributed by atoms with Crippen molar-refractivity contribution in [1.29, 1.82) is 0 Å². The van der Waals surface area contributed by atoms with Crippen LogP contribution in [-0.2, 0) is 4.79 Å². The summed E-state index contributed by atoms with van der Waals surface area (Å²) in [6.45, 7) is 3.88. The lowest BCUT2D eigenvalue weighted by atomic mass is 10.2. The number of fused-ring (bicyclic) bond motifs is 1. The average molecular weight is 414 g/mol. The third-order valence-corrected chi connectivity index (χ3v) is 4.98. The summed E-state index contributed by atoms with van der Waals surface area (Å²) in [5, 5.41) is 4.98. The number of imide groups is 1. The molecule has 2 aromatic rings. The molecule has 2 aliphatic rings. The van der Waals surface area contributed by atoms with Crippen LogP contribution >= 0.6 is 0 Å². The van der Waals surface area contributed by atoms with Crippen LogP contribution < -0.4 is 25.0 Å². The van der Waals surface area contributed by atoms with Crippen LogP contribution in [-0.4, -0.2) is 62.8 Å². The molecule has 0 atom stereocenters. The Bertz CT molecular complexity index is 914. The number of nitrogens with zero attached hydrogens (tertiary/aromatic N) is 2. The predicted octanol–water partition coefficient (Wildman–Crippen LogP) is 2.07. The first-order valence-electron chi connectivity index (χ1n) is 9.80. The van der Waals surface area contributed by atoms with Crippen molar-refractivity contribution in [2.24, 2.45) is 0 Å². The summed E-state index contributed by atoms with van der Waals surface area (Å²) in [4.78, 5) is 28.5. The first-order valence-corrected chi connectivity index (χ1v) is 9.80. The second kappa shape index (κ2) is 9.00. The van der Waals surface area contributed by atoms with Crippen molar-refractivity contribution in [2.75, 3.05) is 56.2 Å². The fraction of sp³-hybridized carbons (Fsp3) is 0.333. The minimum absolute atomic E-state index is 0.131. The molecule has 8 nitrogen and oxygen atoms in total. The Morgan fingerprint density at radius 3 is 2.37 bits per heavy atom. The number of hydrogen-bond acceptors (Lipinski definition) is 6. The van der Waals surface area contributed by atoms with Gasteiger partial charge in [0.1, 0.15) is 19.0 Å². The molecule has 0 bridgehead atoms. The summed E-state index contributed by atoms with van der Waals surface area (Å²) in [5.41, 5.74) is 1.47. The molecule has 9 heteroatoms. The van der Waals surface area contributed by atoms with Crippen LogP contribution in [0.15, 0.2) is 42.5 Å². The summed E-state index contributed by atoms with van der Waals surface area (Å²) in [5.74, 6) is 0.552. The summed E-state index contributed by atoms with van der Waals surface area (Å²) in [7, 11) is 0. The third-order valence-electron chi connectivity index (χ3n) is 4.98. The Morgan fingerprint density at radius 2 is 1.63 bits per heavy atom. The van der Waals surface area contributed by atoms with Crippen molar-refractivity contribution in [3.8, 4) is 11.5 Å². The highest BCUT2D eigenvalue weighted by atomic mass is 19.1. The average Bonchev–Trinajstić information content (AvgIpc) is 2.74. The number of piperazine rings is 1. The highest BCUT2D eigenvalue weighted by molar-refractivity contribution is 6.01. The molecule has 0 spiro atoms. The number of urea groups is 1. The maximum atomic E-state index is 13.1. The molecule has 0 aliphatic carbocycles. The van der Waals surface area contributed by atoms with Gasteiger partial charge < -0.3 is 19.7 Å². The number of halogens is 1. The Kier molecular flexibility index (Phi) is 5.99. The van der Waals surface area contributed by atoms with Gasteiger partial charge in [-0.1, -0.05) is 0 Å². The van der Waals surface area contributed by atoms with E-state index in [0.29, 0.717) is 43.5 Å². The third kappa shape index (κ3) is 4.98. The van der Waals surface area contributed by atoms with Crippen LogP contribution in [0.2, 0.25) is 0 Å². The molecule has 0 aromatic heterocycles. The van der Waals surface area contributed by atoms with Gasteiger partial charge in [-0.3, -0.25) is 15.0 Å². The van der Waals surface area contributed by atoms with E-state index in [4.69, 9.17) is 9.47 Å². The molecule has 4 rings (SSSR count). The molecule has 3 amide bonds. The Morgan fingerprint density at radius 1 is 0.933 bits per heavy atom. The van der Waals surface area contributed by atoms with E-state index >= 15 is 0 Å². The van der Waals surface area contributed by atoms with E-state index in [1.165, 1.54) is 12.1 Å². The van der Waals surface area contributed by atoms with Crippen LogP contribution in [0.25, 0.3) is 0 Å². The number of rotatable bonds is 4. The number of ether oxygens (including phenoxy) is 2. The quantitative estimate of drug-likeness (QED) is 0.797. The molecule has 0 radical (unpaired) electrons. The number of nitrogens with one attached hydrogen (secondary N) is 2. The predicted molar refractivity (Wildman–Crippen MR) is 110 cm³/mol. The Balaban J connectivity index is 1.22. The SMILES string of the molecule is O=C(CN1CCN(c2ccc(F)cc2)CC1)NC(=O)Nc1ccc2c(c1)OCCO2. The van der Waals surface area contributed by atoms with Crippen LogP contribution in [0.1, 0.15) is 0 Å². The van der Waals surface area contributed by atoms with E-state index in [2.05, 4.69) is 15.5 Å². The zero-order chi connectivity index (χ0) is 20.9. The van der Waals surface area contributed by atoms with Crippen molar-refractivity contribution in [3.05, 3.63) is 48.3 Å². The van der Waals surface area contributed by atoms with Crippen LogP contribution in [0.4, 0.5) is 20.6 Å².